The van der Waals surface area contributed by atoms with Crippen LogP contribution < -0.4 is 0 Å². The summed E-state index contributed by atoms with van der Waals surface area (Å²) in [5.41, 5.74) is 0. The van der Waals surface area contributed by atoms with Crippen molar-refractivity contribution < 1.29 is 15.7 Å². The minimum atomic E-state index is -0.567. The largest absolute Gasteiger partial charge is 0.374 e. The molecule has 0 aliphatic carbocycles. The number of carbonyl (C=O) groups excluding carboxylic acids is 2. The third kappa shape index (κ3) is 4.14. The number of thiophene rings is 1. The highest BCUT2D eigenvalue weighted by Crippen LogP contribution is 2.20. The highest BCUT2D eigenvalue weighted by atomic mass is 32.1. The second-order valence-electron chi connectivity index (χ2n) is 4.62. The fourth-order valence-electron chi connectivity index (χ4n) is 2.29. The zero-order valence-corrected chi connectivity index (χ0v) is 11.7. The van der Waals surface area contributed by atoms with Crippen molar-refractivity contribution in [1.29, 1.82) is 0 Å². The van der Waals surface area contributed by atoms with Gasteiger partial charge in [-0.25, -0.2) is 0 Å². The quantitative estimate of drug-likeness (QED) is 0.687. The Balaban J connectivity index is 1.74. The fraction of sp³-hybridized carbons (Fsp3) is 0.571. The highest BCUT2D eigenvalue weighted by molar-refractivity contribution is 7.09. The molecule has 19 heavy (non-hydrogen) atoms. The monoisotopic (exact) mass is 282 g/mol. The average Bonchev–Trinajstić information content (AvgIpc) is 3.02. The first-order chi connectivity index (χ1) is 9.66. The summed E-state index contributed by atoms with van der Waals surface area (Å²) < 4.78 is 12.6. The van der Waals surface area contributed by atoms with Gasteiger partial charge in [-0.3, -0.25) is 4.79 Å². The molecule has 0 aromatic carbocycles. The normalized spacial score (nSPS) is 19.8. The lowest BCUT2D eigenvalue weighted by Crippen LogP contribution is -2.36. The summed E-state index contributed by atoms with van der Waals surface area (Å²) in [4.78, 5) is 25.4. The minimum absolute atomic E-state index is 0.114. The summed E-state index contributed by atoms with van der Waals surface area (Å²) in [5.74, 6) is 0.132. The molecule has 1 aliphatic rings. The first-order valence-electron chi connectivity index (χ1n) is 7.06. The van der Waals surface area contributed by atoms with Crippen molar-refractivity contribution in [1.82, 2.24) is 4.90 Å². The summed E-state index contributed by atoms with van der Waals surface area (Å²) in [6.45, 7) is 1.68. The molecule has 5 heteroatoms. The lowest BCUT2D eigenvalue weighted by molar-refractivity contribution is -0.130. The summed E-state index contributed by atoms with van der Waals surface area (Å²) in [6, 6.07) is 4.14. The molecule has 1 aliphatic heterocycles. The number of amides is 1. The van der Waals surface area contributed by atoms with Gasteiger partial charge in [0.25, 0.3) is 0 Å². The number of ether oxygens (including phenoxy) is 1. The highest BCUT2D eigenvalue weighted by Gasteiger charge is 2.30. The van der Waals surface area contributed by atoms with E-state index < -0.39 is 6.26 Å². The van der Waals surface area contributed by atoms with Gasteiger partial charge in [0.05, 0.1) is 19.3 Å². The molecule has 0 bridgehead atoms. The van der Waals surface area contributed by atoms with Crippen molar-refractivity contribution in [3.63, 3.8) is 0 Å². The molecule has 0 N–H and O–H groups in total. The van der Waals surface area contributed by atoms with Crippen LogP contribution in [0.1, 0.15) is 31.9 Å². The van der Waals surface area contributed by atoms with E-state index in [0.717, 1.165) is 6.42 Å². The van der Waals surface area contributed by atoms with Crippen molar-refractivity contribution in [3.8, 4) is 0 Å². The number of hydrogen-bond donors (Lipinski definition) is 0. The van der Waals surface area contributed by atoms with Crippen molar-refractivity contribution in [2.24, 2.45) is 0 Å². The second kappa shape index (κ2) is 7.40. The zero-order valence-electron chi connectivity index (χ0n) is 11.8. The Labute approximate surface area is 118 Å². The molecule has 0 spiro atoms. The van der Waals surface area contributed by atoms with E-state index in [4.69, 9.17) is 6.11 Å². The van der Waals surface area contributed by atoms with Crippen LogP contribution in [0.2, 0.25) is 0 Å². The van der Waals surface area contributed by atoms with Crippen LogP contribution in [0.5, 0.6) is 0 Å². The maximum absolute atomic E-state index is 11.8. The van der Waals surface area contributed by atoms with Gasteiger partial charge in [-0.05, 0) is 24.3 Å². The minimum Gasteiger partial charge on any atom is -0.374 e. The molecule has 2 heterocycles. The van der Waals surface area contributed by atoms with Crippen LogP contribution in [0.15, 0.2) is 17.5 Å². The number of rotatable bonds is 8. The number of likely N-dealkylation sites (tertiary alicyclic amines) is 1. The lowest BCUT2D eigenvalue weighted by Gasteiger charge is -2.24. The summed E-state index contributed by atoms with van der Waals surface area (Å²) in [5, 5.41) is 2.02. The average molecular weight is 282 g/mol. The Bertz CT molecular complexity index is 449. The molecule has 1 amide bonds. The van der Waals surface area contributed by atoms with E-state index in [9.17, 15) is 9.59 Å². The first-order valence-corrected chi connectivity index (χ1v) is 7.44. The Kier molecular flexibility index (Phi) is 4.99. The van der Waals surface area contributed by atoms with Gasteiger partial charge in [0.2, 0.25) is 5.91 Å². The fourth-order valence-corrected chi connectivity index (χ4v) is 2.93. The smallest absolute Gasteiger partial charge is 0.222 e. The molecule has 4 nitrogen and oxygen atoms in total. The van der Waals surface area contributed by atoms with Gasteiger partial charge in [0, 0.05) is 24.3 Å². The molecule has 0 radical (unpaired) electrons. The van der Waals surface area contributed by atoms with Crippen LogP contribution in [-0.2, 0) is 20.9 Å². The molecule has 1 aromatic rings. The number of aldehydes is 1. The lowest BCUT2D eigenvalue weighted by atomic mass is 10.2. The van der Waals surface area contributed by atoms with E-state index in [1.807, 2.05) is 17.5 Å². The van der Waals surface area contributed by atoms with E-state index in [1.54, 1.807) is 16.2 Å². The van der Waals surface area contributed by atoms with E-state index in [1.165, 1.54) is 4.88 Å². The summed E-state index contributed by atoms with van der Waals surface area (Å²) in [6.07, 6.45) is 1.59. The Morgan fingerprint density at radius 2 is 2.53 bits per heavy atom. The molecule has 104 valence electrons. The predicted molar refractivity (Wildman–Crippen MR) is 74.0 cm³/mol. The van der Waals surface area contributed by atoms with Crippen molar-refractivity contribution in [2.75, 3.05) is 13.2 Å². The maximum Gasteiger partial charge on any atom is 0.222 e. The zero-order chi connectivity index (χ0) is 14.4. The molecule has 1 atom stereocenters. The van der Waals surface area contributed by atoms with Crippen LogP contribution in [0, 0.1) is 0 Å². The van der Waals surface area contributed by atoms with Crippen LogP contribution in [0.4, 0.5) is 0 Å². The summed E-state index contributed by atoms with van der Waals surface area (Å²) >= 11 is 1.66. The first kappa shape index (κ1) is 12.8. The van der Waals surface area contributed by atoms with Gasteiger partial charge in [-0.15, -0.1) is 11.3 Å². The number of hydrogen-bond acceptors (Lipinski definition) is 4. The Morgan fingerprint density at radius 1 is 1.63 bits per heavy atom. The van der Waals surface area contributed by atoms with Crippen molar-refractivity contribution >= 4 is 23.5 Å². The van der Waals surface area contributed by atoms with E-state index in [2.05, 4.69) is 0 Å². The van der Waals surface area contributed by atoms with Crippen molar-refractivity contribution in [2.45, 2.75) is 38.3 Å². The van der Waals surface area contributed by atoms with E-state index in [-0.39, 0.29) is 18.4 Å². The SMILES string of the molecule is [2H]C(=O)CCCN1C(=O)CCC1COCc1cccs1. The third-order valence-electron chi connectivity index (χ3n) is 3.27. The van der Waals surface area contributed by atoms with Crippen LogP contribution in [0.25, 0.3) is 0 Å². The standard InChI is InChI=1S/C14H19NO3S/c16-8-2-1-7-15-12(5-6-14(15)17)10-18-11-13-4-3-9-19-13/h3-4,8-9,12H,1-2,5-7,10-11H2/i8D. The molecule has 1 fully saturated rings. The molecule has 1 saturated heterocycles. The molecular formula is C14H19NO3S. The van der Waals surface area contributed by atoms with Gasteiger partial charge in [-0.2, -0.15) is 0 Å². The van der Waals surface area contributed by atoms with Gasteiger partial charge in [0.15, 0.2) is 0 Å². The molecule has 2 rings (SSSR count). The number of nitrogens with zero attached hydrogens (tertiary/aromatic N) is 1. The molecule has 1 unspecified atom stereocenters. The predicted octanol–water partition coefficient (Wildman–Crippen LogP) is 2.23. The van der Waals surface area contributed by atoms with Crippen LogP contribution in [-0.4, -0.2) is 36.3 Å². The van der Waals surface area contributed by atoms with Gasteiger partial charge in [-0.1, -0.05) is 6.07 Å². The Hall–Kier alpha value is -1.20. The topological polar surface area (TPSA) is 46.6 Å². The van der Waals surface area contributed by atoms with E-state index >= 15 is 0 Å². The second-order valence-corrected chi connectivity index (χ2v) is 5.65. The Morgan fingerprint density at radius 3 is 3.26 bits per heavy atom. The maximum atomic E-state index is 11.8. The van der Waals surface area contributed by atoms with Gasteiger partial charge < -0.3 is 14.4 Å². The third-order valence-corrected chi connectivity index (χ3v) is 4.11. The molecule has 1 aromatic heterocycles. The van der Waals surface area contributed by atoms with Crippen LogP contribution >= 0.6 is 11.3 Å². The molecule has 0 saturated carbocycles. The molecular weight excluding hydrogens is 262 g/mol. The van der Waals surface area contributed by atoms with Gasteiger partial charge >= 0.3 is 0 Å². The van der Waals surface area contributed by atoms with Crippen LogP contribution in [0.3, 0.4) is 0 Å². The van der Waals surface area contributed by atoms with Crippen molar-refractivity contribution in [3.05, 3.63) is 22.4 Å². The van der Waals surface area contributed by atoms with Gasteiger partial charge in [0.1, 0.15) is 7.63 Å². The summed E-state index contributed by atoms with van der Waals surface area (Å²) in [7, 11) is 0. The van der Waals surface area contributed by atoms with E-state index in [0.29, 0.717) is 32.6 Å². The number of carbonyl (C=O) groups is 2.